The molecule has 1 aliphatic heterocycles. The number of nitrogens with one attached hydrogen (secondary N) is 1. The van der Waals surface area contributed by atoms with Gasteiger partial charge in [0, 0.05) is 18.8 Å². The monoisotopic (exact) mass is 262 g/mol. The van der Waals surface area contributed by atoms with Crippen molar-refractivity contribution >= 4 is 17.6 Å². The van der Waals surface area contributed by atoms with Crippen molar-refractivity contribution in [3.63, 3.8) is 0 Å². The van der Waals surface area contributed by atoms with Crippen molar-refractivity contribution in [1.82, 2.24) is 5.32 Å². The molecule has 0 saturated carbocycles. The zero-order valence-corrected chi connectivity index (χ0v) is 11.0. The molecule has 5 nitrogen and oxygen atoms in total. The smallest absolute Gasteiger partial charge is 0.322 e. The topological polar surface area (TPSA) is 69.6 Å². The first-order valence-electron chi connectivity index (χ1n) is 6.43. The van der Waals surface area contributed by atoms with E-state index in [2.05, 4.69) is 10.2 Å². The fourth-order valence-electron chi connectivity index (χ4n) is 2.32. The van der Waals surface area contributed by atoms with Crippen LogP contribution in [0.1, 0.15) is 28.8 Å². The summed E-state index contributed by atoms with van der Waals surface area (Å²) in [4.78, 5) is 24.8. The van der Waals surface area contributed by atoms with Crippen molar-refractivity contribution in [2.45, 2.75) is 19.8 Å². The molecular formula is C14H18N2O3. The van der Waals surface area contributed by atoms with Crippen LogP contribution in [0.2, 0.25) is 0 Å². The Morgan fingerprint density at radius 3 is 2.63 bits per heavy atom. The van der Waals surface area contributed by atoms with Crippen LogP contribution in [-0.4, -0.2) is 36.6 Å². The maximum absolute atomic E-state index is 12.1. The number of hydrogen-bond acceptors (Lipinski definition) is 3. The molecule has 0 radical (unpaired) electrons. The van der Waals surface area contributed by atoms with Crippen LogP contribution < -0.4 is 10.2 Å². The van der Waals surface area contributed by atoms with Crippen molar-refractivity contribution in [1.29, 1.82) is 0 Å². The molecule has 19 heavy (non-hydrogen) atoms. The average Bonchev–Trinajstić information content (AvgIpc) is 2.89. The third-order valence-corrected chi connectivity index (χ3v) is 3.24. The zero-order chi connectivity index (χ0) is 13.8. The number of carbonyl (C=O) groups is 2. The van der Waals surface area contributed by atoms with Gasteiger partial charge in [0.25, 0.3) is 5.91 Å². The maximum Gasteiger partial charge on any atom is 0.322 e. The highest BCUT2D eigenvalue weighted by atomic mass is 16.4. The van der Waals surface area contributed by atoms with Gasteiger partial charge in [0.05, 0.1) is 5.56 Å². The van der Waals surface area contributed by atoms with Gasteiger partial charge in [0.15, 0.2) is 0 Å². The number of hydrogen-bond donors (Lipinski definition) is 2. The van der Waals surface area contributed by atoms with Crippen LogP contribution in [0.15, 0.2) is 18.2 Å². The number of carbonyl (C=O) groups excluding carboxylic acids is 1. The second kappa shape index (κ2) is 5.73. The summed E-state index contributed by atoms with van der Waals surface area (Å²) >= 11 is 0. The highest BCUT2D eigenvalue weighted by Gasteiger charge is 2.19. The first-order chi connectivity index (χ1) is 9.08. The summed E-state index contributed by atoms with van der Waals surface area (Å²) in [6.45, 7) is 3.46. The summed E-state index contributed by atoms with van der Waals surface area (Å²) in [6.07, 6.45) is 2.26. The zero-order valence-electron chi connectivity index (χ0n) is 11.0. The molecule has 2 N–H and O–H groups in total. The van der Waals surface area contributed by atoms with E-state index < -0.39 is 5.97 Å². The molecule has 1 amide bonds. The van der Waals surface area contributed by atoms with Gasteiger partial charge in [-0.15, -0.1) is 0 Å². The largest absolute Gasteiger partial charge is 0.480 e. The minimum absolute atomic E-state index is 0.326. The Morgan fingerprint density at radius 1 is 1.32 bits per heavy atom. The lowest BCUT2D eigenvalue weighted by atomic mass is 10.1. The van der Waals surface area contributed by atoms with Crippen LogP contribution in [0, 0.1) is 6.92 Å². The molecule has 0 spiro atoms. The Labute approximate surface area is 112 Å². The predicted molar refractivity (Wildman–Crippen MR) is 72.6 cm³/mol. The molecule has 0 atom stereocenters. The number of anilines is 1. The molecule has 0 unspecified atom stereocenters. The Hall–Kier alpha value is -2.04. The highest BCUT2D eigenvalue weighted by Crippen LogP contribution is 2.25. The summed E-state index contributed by atoms with van der Waals surface area (Å²) in [5.41, 5.74) is 2.44. The minimum atomic E-state index is -1.04. The molecule has 1 saturated heterocycles. The highest BCUT2D eigenvalue weighted by molar-refractivity contribution is 6.01. The molecule has 0 aromatic heterocycles. The van der Waals surface area contributed by atoms with Gasteiger partial charge in [0.2, 0.25) is 0 Å². The molecule has 1 aromatic carbocycles. The van der Waals surface area contributed by atoms with E-state index in [-0.39, 0.29) is 12.5 Å². The van der Waals surface area contributed by atoms with E-state index in [4.69, 9.17) is 5.11 Å². The van der Waals surface area contributed by atoms with E-state index >= 15 is 0 Å². The van der Waals surface area contributed by atoms with E-state index in [0.29, 0.717) is 5.56 Å². The number of rotatable bonds is 4. The van der Waals surface area contributed by atoms with Gasteiger partial charge < -0.3 is 15.3 Å². The average molecular weight is 262 g/mol. The maximum atomic E-state index is 12.1. The third kappa shape index (κ3) is 3.24. The van der Waals surface area contributed by atoms with E-state index in [1.54, 1.807) is 0 Å². The van der Waals surface area contributed by atoms with Crippen molar-refractivity contribution < 1.29 is 14.7 Å². The van der Waals surface area contributed by atoms with Crippen molar-refractivity contribution in [2.75, 3.05) is 24.5 Å². The fraction of sp³-hybridized carbons (Fsp3) is 0.429. The Bertz CT molecular complexity index is 493. The van der Waals surface area contributed by atoms with Gasteiger partial charge in [-0.05, 0) is 31.9 Å². The van der Waals surface area contributed by atoms with Gasteiger partial charge in [-0.2, -0.15) is 0 Å². The second-order valence-electron chi connectivity index (χ2n) is 4.79. The van der Waals surface area contributed by atoms with E-state index in [1.165, 1.54) is 0 Å². The number of benzene rings is 1. The Morgan fingerprint density at radius 2 is 2.00 bits per heavy atom. The van der Waals surface area contributed by atoms with E-state index in [9.17, 15) is 9.59 Å². The molecule has 1 aromatic rings. The lowest BCUT2D eigenvalue weighted by molar-refractivity contribution is -0.135. The third-order valence-electron chi connectivity index (χ3n) is 3.24. The van der Waals surface area contributed by atoms with Gasteiger partial charge in [0.1, 0.15) is 6.54 Å². The molecule has 5 heteroatoms. The molecule has 0 bridgehead atoms. The van der Waals surface area contributed by atoms with Crippen LogP contribution in [0.25, 0.3) is 0 Å². The van der Waals surface area contributed by atoms with Crippen LogP contribution in [0.4, 0.5) is 5.69 Å². The van der Waals surface area contributed by atoms with E-state index in [1.807, 2.05) is 25.1 Å². The van der Waals surface area contributed by atoms with Gasteiger partial charge >= 0.3 is 5.97 Å². The summed E-state index contributed by atoms with van der Waals surface area (Å²) in [5.74, 6) is -1.36. The standard InChI is InChI=1S/C14H18N2O3/c1-10-4-5-12(16-6-2-3-7-16)11(8-10)14(19)15-9-13(17)18/h4-5,8H,2-3,6-7,9H2,1H3,(H,15,19)(H,17,18). The second-order valence-corrected chi connectivity index (χ2v) is 4.79. The van der Waals surface area contributed by atoms with Crippen molar-refractivity contribution in [3.05, 3.63) is 29.3 Å². The van der Waals surface area contributed by atoms with Crippen LogP contribution in [-0.2, 0) is 4.79 Å². The summed E-state index contributed by atoms with van der Waals surface area (Å²) < 4.78 is 0. The number of nitrogens with zero attached hydrogens (tertiary/aromatic N) is 1. The van der Waals surface area contributed by atoms with Gasteiger partial charge in [-0.1, -0.05) is 11.6 Å². The number of aliphatic carboxylic acids is 1. The normalized spacial score (nSPS) is 14.5. The molecule has 1 fully saturated rings. The molecule has 1 heterocycles. The number of carboxylic acids is 1. The van der Waals surface area contributed by atoms with Gasteiger partial charge in [-0.25, -0.2) is 0 Å². The predicted octanol–water partition coefficient (Wildman–Crippen LogP) is 1.41. The van der Waals surface area contributed by atoms with Gasteiger partial charge in [-0.3, -0.25) is 9.59 Å². The Balaban J connectivity index is 2.23. The number of carboxylic acid groups (broad SMARTS) is 1. The number of amides is 1. The van der Waals surface area contributed by atoms with Crippen LogP contribution in [0.5, 0.6) is 0 Å². The summed E-state index contributed by atoms with van der Waals surface area (Å²) in [6, 6.07) is 5.72. The van der Waals surface area contributed by atoms with Crippen LogP contribution >= 0.6 is 0 Å². The molecular weight excluding hydrogens is 244 g/mol. The summed E-state index contributed by atoms with van der Waals surface area (Å²) in [5, 5.41) is 11.0. The Kier molecular flexibility index (Phi) is 4.04. The van der Waals surface area contributed by atoms with Crippen molar-refractivity contribution in [3.8, 4) is 0 Å². The lowest BCUT2D eigenvalue weighted by Crippen LogP contribution is -2.31. The molecule has 0 aliphatic carbocycles. The number of aryl methyl sites for hydroxylation is 1. The molecule has 2 rings (SSSR count). The summed E-state index contributed by atoms with van der Waals surface area (Å²) in [7, 11) is 0. The SMILES string of the molecule is Cc1ccc(N2CCCC2)c(C(=O)NCC(=O)O)c1. The first kappa shape index (κ1) is 13.4. The first-order valence-corrected chi connectivity index (χ1v) is 6.43. The van der Waals surface area contributed by atoms with Crippen LogP contribution in [0.3, 0.4) is 0 Å². The lowest BCUT2D eigenvalue weighted by Gasteiger charge is -2.21. The van der Waals surface area contributed by atoms with Crippen molar-refractivity contribution in [2.24, 2.45) is 0 Å². The fourth-order valence-corrected chi connectivity index (χ4v) is 2.32. The van der Waals surface area contributed by atoms with E-state index in [0.717, 1.165) is 37.2 Å². The minimum Gasteiger partial charge on any atom is -0.480 e. The quantitative estimate of drug-likeness (QED) is 0.860. The molecule has 102 valence electrons. The molecule has 1 aliphatic rings.